The maximum Gasteiger partial charge on any atom is 0.270 e. The van der Waals surface area contributed by atoms with Gasteiger partial charge in [-0.25, -0.2) is 9.97 Å². The lowest BCUT2D eigenvalue weighted by Gasteiger charge is -2.12. The lowest BCUT2D eigenvalue weighted by Crippen LogP contribution is -2.24. The molecule has 2 N–H and O–H groups in total. The van der Waals surface area contributed by atoms with Crippen LogP contribution in [0.25, 0.3) is 0 Å². The molecular formula is C21H22N4O. The third-order valence-corrected chi connectivity index (χ3v) is 4.21. The van der Waals surface area contributed by atoms with Crippen molar-refractivity contribution in [2.75, 3.05) is 5.32 Å². The summed E-state index contributed by atoms with van der Waals surface area (Å²) in [5, 5.41) is 6.18. The number of anilines is 2. The van der Waals surface area contributed by atoms with Crippen molar-refractivity contribution in [1.29, 1.82) is 0 Å². The van der Waals surface area contributed by atoms with Crippen LogP contribution in [0.1, 0.15) is 32.7 Å². The van der Waals surface area contributed by atoms with Crippen LogP contribution in [0.2, 0.25) is 0 Å². The molecule has 0 bridgehead atoms. The zero-order chi connectivity index (χ0) is 18.5. The molecule has 0 atom stereocenters. The lowest BCUT2D eigenvalue weighted by atomic mass is 10.1. The number of hydrogen-bond acceptors (Lipinski definition) is 4. The molecule has 0 radical (unpaired) electrons. The van der Waals surface area contributed by atoms with Crippen molar-refractivity contribution in [3.05, 3.63) is 82.8 Å². The molecular weight excluding hydrogens is 324 g/mol. The summed E-state index contributed by atoms with van der Waals surface area (Å²) >= 11 is 0. The molecule has 0 aliphatic rings. The van der Waals surface area contributed by atoms with E-state index in [1.54, 1.807) is 6.07 Å². The Balaban J connectivity index is 1.70. The zero-order valence-corrected chi connectivity index (χ0v) is 15.2. The molecule has 0 saturated carbocycles. The highest BCUT2D eigenvalue weighted by Crippen LogP contribution is 2.23. The summed E-state index contributed by atoms with van der Waals surface area (Å²) in [6.45, 7) is 6.56. The number of rotatable bonds is 5. The van der Waals surface area contributed by atoms with E-state index in [0.717, 1.165) is 22.4 Å². The number of nitrogens with zero attached hydrogens (tertiary/aromatic N) is 2. The van der Waals surface area contributed by atoms with Crippen LogP contribution in [0.4, 0.5) is 11.5 Å². The van der Waals surface area contributed by atoms with E-state index in [1.165, 1.54) is 11.9 Å². The summed E-state index contributed by atoms with van der Waals surface area (Å²) < 4.78 is 0. The van der Waals surface area contributed by atoms with Gasteiger partial charge in [-0.05, 0) is 37.5 Å². The van der Waals surface area contributed by atoms with Crippen LogP contribution in [0, 0.1) is 20.8 Å². The number of amides is 1. The van der Waals surface area contributed by atoms with Crippen LogP contribution in [-0.4, -0.2) is 15.9 Å². The zero-order valence-electron chi connectivity index (χ0n) is 15.2. The van der Waals surface area contributed by atoms with Gasteiger partial charge in [-0.2, -0.15) is 0 Å². The highest BCUT2D eigenvalue weighted by molar-refractivity contribution is 5.93. The third-order valence-electron chi connectivity index (χ3n) is 4.21. The second kappa shape index (κ2) is 7.78. The number of hydrogen-bond donors (Lipinski definition) is 2. The molecule has 1 amide bonds. The van der Waals surface area contributed by atoms with E-state index < -0.39 is 0 Å². The van der Waals surface area contributed by atoms with Crippen molar-refractivity contribution in [1.82, 2.24) is 15.3 Å². The standard InChI is InChI=1S/C21H22N4O/c1-14-7-9-17(10-8-14)12-22-21(26)18-11-19(24-13-23-18)25-20-15(2)5-4-6-16(20)3/h4-11,13H,12H2,1-3H3,(H,22,26)(H,23,24,25). The summed E-state index contributed by atoms with van der Waals surface area (Å²) in [6, 6.07) is 15.8. The number of aryl methyl sites for hydroxylation is 3. The van der Waals surface area contributed by atoms with Crippen molar-refractivity contribution in [3.8, 4) is 0 Å². The first-order chi connectivity index (χ1) is 12.5. The molecule has 0 saturated heterocycles. The average molecular weight is 346 g/mol. The van der Waals surface area contributed by atoms with Crippen LogP contribution in [0.5, 0.6) is 0 Å². The SMILES string of the molecule is Cc1ccc(CNC(=O)c2cc(Nc3c(C)cccc3C)ncn2)cc1. The second-order valence-electron chi connectivity index (χ2n) is 6.35. The van der Waals surface area contributed by atoms with Gasteiger partial charge in [0.1, 0.15) is 17.8 Å². The van der Waals surface area contributed by atoms with E-state index in [2.05, 4.69) is 20.6 Å². The van der Waals surface area contributed by atoms with E-state index in [-0.39, 0.29) is 5.91 Å². The van der Waals surface area contributed by atoms with Crippen molar-refractivity contribution in [2.24, 2.45) is 0 Å². The summed E-state index contributed by atoms with van der Waals surface area (Å²) in [4.78, 5) is 20.7. The Morgan fingerprint density at radius 3 is 2.35 bits per heavy atom. The summed E-state index contributed by atoms with van der Waals surface area (Å²) in [5.41, 5.74) is 5.81. The van der Waals surface area contributed by atoms with Crippen LogP contribution < -0.4 is 10.6 Å². The van der Waals surface area contributed by atoms with E-state index in [1.807, 2.05) is 63.2 Å². The number of carbonyl (C=O) groups is 1. The molecule has 1 aromatic heterocycles. The van der Waals surface area contributed by atoms with Crippen molar-refractivity contribution < 1.29 is 4.79 Å². The van der Waals surface area contributed by atoms with Gasteiger partial charge in [-0.3, -0.25) is 4.79 Å². The minimum Gasteiger partial charge on any atom is -0.347 e. The van der Waals surface area contributed by atoms with Gasteiger partial charge in [0.05, 0.1) is 0 Å². The molecule has 0 aliphatic carbocycles. The maximum absolute atomic E-state index is 12.4. The average Bonchev–Trinajstić information content (AvgIpc) is 2.64. The summed E-state index contributed by atoms with van der Waals surface area (Å²) in [7, 11) is 0. The molecule has 0 spiro atoms. The number of nitrogens with one attached hydrogen (secondary N) is 2. The second-order valence-corrected chi connectivity index (χ2v) is 6.35. The largest absolute Gasteiger partial charge is 0.347 e. The number of para-hydroxylation sites is 1. The van der Waals surface area contributed by atoms with Gasteiger partial charge in [0.15, 0.2) is 0 Å². The topological polar surface area (TPSA) is 66.9 Å². The Morgan fingerprint density at radius 2 is 1.65 bits per heavy atom. The fourth-order valence-electron chi connectivity index (χ4n) is 2.67. The third kappa shape index (κ3) is 4.25. The molecule has 5 heteroatoms. The first kappa shape index (κ1) is 17.6. The predicted octanol–water partition coefficient (Wildman–Crippen LogP) is 4.08. The van der Waals surface area contributed by atoms with E-state index in [9.17, 15) is 4.79 Å². The molecule has 26 heavy (non-hydrogen) atoms. The Kier molecular flexibility index (Phi) is 5.27. The van der Waals surface area contributed by atoms with Gasteiger partial charge >= 0.3 is 0 Å². The Bertz CT molecular complexity index is 899. The number of aromatic nitrogens is 2. The Morgan fingerprint density at radius 1 is 0.962 bits per heavy atom. The van der Waals surface area contributed by atoms with Gasteiger partial charge in [0, 0.05) is 18.3 Å². The van der Waals surface area contributed by atoms with Crippen LogP contribution in [-0.2, 0) is 6.54 Å². The lowest BCUT2D eigenvalue weighted by molar-refractivity contribution is 0.0946. The minimum absolute atomic E-state index is 0.225. The van der Waals surface area contributed by atoms with Gasteiger partial charge in [-0.15, -0.1) is 0 Å². The molecule has 0 unspecified atom stereocenters. The van der Waals surface area contributed by atoms with Gasteiger partial charge in [0.2, 0.25) is 0 Å². The predicted molar refractivity (Wildman–Crippen MR) is 104 cm³/mol. The molecule has 3 aromatic rings. The van der Waals surface area contributed by atoms with Crippen LogP contribution >= 0.6 is 0 Å². The van der Waals surface area contributed by atoms with E-state index in [0.29, 0.717) is 18.1 Å². The number of benzene rings is 2. The van der Waals surface area contributed by atoms with Crippen LogP contribution in [0.15, 0.2) is 54.9 Å². The smallest absolute Gasteiger partial charge is 0.270 e. The monoisotopic (exact) mass is 346 g/mol. The van der Waals surface area contributed by atoms with E-state index in [4.69, 9.17) is 0 Å². The summed E-state index contributed by atoms with van der Waals surface area (Å²) in [6.07, 6.45) is 1.40. The van der Waals surface area contributed by atoms with Crippen LogP contribution in [0.3, 0.4) is 0 Å². The first-order valence-electron chi connectivity index (χ1n) is 8.52. The quantitative estimate of drug-likeness (QED) is 0.731. The Hall–Kier alpha value is -3.21. The highest BCUT2D eigenvalue weighted by Gasteiger charge is 2.10. The Labute approximate surface area is 153 Å². The molecule has 0 aliphatic heterocycles. The highest BCUT2D eigenvalue weighted by atomic mass is 16.1. The minimum atomic E-state index is -0.225. The van der Waals surface area contributed by atoms with Crippen molar-refractivity contribution in [2.45, 2.75) is 27.3 Å². The first-order valence-corrected chi connectivity index (χ1v) is 8.52. The van der Waals surface area contributed by atoms with Gasteiger partial charge in [-0.1, -0.05) is 48.0 Å². The molecule has 3 rings (SSSR count). The van der Waals surface area contributed by atoms with Crippen molar-refractivity contribution >= 4 is 17.4 Å². The van der Waals surface area contributed by atoms with Gasteiger partial charge in [0.25, 0.3) is 5.91 Å². The van der Waals surface area contributed by atoms with Gasteiger partial charge < -0.3 is 10.6 Å². The van der Waals surface area contributed by atoms with Crippen molar-refractivity contribution in [3.63, 3.8) is 0 Å². The fourth-order valence-corrected chi connectivity index (χ4v) is 2.67. The molecule has 0 fully saturated rings. The fraction of sp³-hybridized carbons (Fsp3) is 0.190. The van der Waals surface area contributed by atoms with E-state index >= 15 is 0 Å². The maximum atomic E-state index is 12.4. The molecule has 2 aromatic carbocycles. The summed E-state index contributed by atoms with van der Waals surface area (Å²) in [5.74, 6) is 0.371. The normalized spacial score (nSPS) is 10.4. The molecule has 1 heterocycles. The molecule has 5 nitrogen and oxygen atoms in total. The molecule has 132 valence electrons. The number of carbonyl (C=O) groups excluding carboxylic acids is 1.